The van der Waals surface area contributed by atoms with Gasteiger partial charge in [0.05, 0.1) is 23.4 Å². The highest BCUT2D eigenvalue weighted by atomic mass is 35.5. The first kappa shape index (κ1) is 21.7. The van der Waals surface area contributed by atoms with Crippen LogP contribution in [-0.4, -0.2) is 39.5 Å². The Balaban J connectivity index is 1.54. The summed E-state index contributed by atoms with van der Waals surface area (Å²) in [4.78, 5) is 23.8. The van der Waals surface area contributed by atoms with E-state index in [9.17, 15) is 9.59 Å². The molecular weight excluding hydrogens is 428 g/mol. The number of carbonyl (C=O) groups is 2. The third kappa shape index (κ3) is 5.52. The van der Waals surface area contributed by atoms with Crippen LogP contribution in [0.5, 0.6) is 5.75 Å². The Labute approximate surface area is 182 Å². The number of nitrogens with zero attached hydrogens (tertiary/aromatic N) is 3. The second kappa shape index (κ2) is 10.1. The first-order valence-electron chi connectivity index (χ1n) is 8.84. The van der Waals surface area contributed by atoms with E-state index in [0.717, 1.165) is 0 Å². The fourth-order valence-electron chi connectivity index (χ4n) is 2.47. The van der Waals surface area contributed by atoms with Gasteiger partial charge in [-0.15, -0.1) is 10.2 Å². The number of hydrogen-bond acceptors (Lipinski definition) is 7. The molecule has 3 aromatic rings. The predicted molar refractivity (Wildman–Crippen MR) is 114 cm³/mol. The van der Waals surface area contributed by atoms with Crippen molar-refractivity contribution in [3.8, 4) is 5.75 Å². The standard InChI is InChI=1S/C20H19ClN4O4S/c1-25-17(11-29-16-9-4-3-8-15(16)21)23-24-20(25)30-12-18(26)22-14-7-5-6-13(10-14)19(27)28-2/h3-10H,11-12H2,1-2H3,(H,22,26). The van der Waals surface area contributed by atoms with E-state index >= 15 is 0 Å². The van der Waals surface area contributed by atoms with Crippen LogP contribution < -0.4 is 10.1 Å². The number of anilines is 1. The molecule has 10 heteroatoms. The Kier molecular flexibility index (Phi) is 7.31. The van der Waals surface area contributed by atoms with Crippen molar-refractivity contribution in [3.63, 3.8) is 0 Å². The molecule has 0 atom stereocenters. The molecule has 0 aliphatic heterocycles. The minimum absolute atomic E-state index is 0.125. The Bertz CT molecular complexity index is 1060. The number of rotatable bonds is 8. The molecule has 8 nitrogen and oxygen atoms in total. The van der Waals surface area contributed by atoms with E-state index < -0.39 is 5.97 Å². The van der Waals surface area contributed by atoms with Gasteiger partial charge < -0.3 is 19.4 Å². The van der Waals surface area contributed by atoms with Crippen molar-refractivity contribution in [1.29, 1.82) is 0 Å². The largest absolute Gasteiger partial charge is 0.484 e. The molecule has 1 N–H and O–H groups in total. The number of halogens is 1. The maximum atomic E-state index is 12.3. The summed E-state index contributed by atoms with van der Waals surface area (Å²) in [7, 11) is 3.10. The highest BCUT2D eigenvalue weighted by Crippen LogP contribution is 2.24. The number of thioether (sulfide) groups is 1. The van der Waals surface area contributed by atoms with Crippen molar-refractivity contribution in [3.05, 3.63) is 64.9 Å². The van der Waals surface area contributed by atoms with Crippen LogP contribution in [0.2, 0.25) is 5.02 Å². The van der Waals surface area contributed by atoms with Gasteiger partial charge in [0.15, 0.2) is 11.0 Å². The molecule has 0 aliphatic carbocycles. The molecule has 1 amide bonds. The van der Waals surface area contributed by atoms with Crippen LogP contribution in [0.15, 0.2) is 53.7 Å². The average molecular weight is 447 g/mol. The van der Waals surface area contributed by atoms with Crippen molar-refractivity contribution in [2.75, 3.05) is 18.2 Å². The minimum Gasteiger partial charge on any atom is -0.484 e. The highest BCUT2D eigenvalue weighted by Gasteiger charge is 2.13. The van der Waals surface area contributed by atoms with Gasteiger partial charge in [0, 0.05) is 12.7 Å². The topological polar surface area (TPSA) is 95.3 Å². The van der Waals surface area contributed by atoms with Gasteiger partial charge in [0.2, 0.25) is 5.91 Å². The zero-order valence-electron chi connectivity index (χ0n) is 16.3. The first-order valence-corrected chi connectivity index (χ1v) is 10.2. The zero-order valence-corrected chi connectivity index (χ0v) is 17.9. The Morgan fingerprint density at radius 1 is 1.17 bits per heavy atom. The third-order valence-electron chi connectivity index (χ3n) is 4.02. The third-order valence-corrected chi connectivity index (χ3v) is 5.35. The van der Waals surface area contributed by atoms with Crippen LogP contribution >= 0.6 is 23.4 Å². The fourth-order valence-corrected chi connectivity index (χ4v) is 3.39. The van der Waals surface area contributed by atoms with Crippen LogP contribution in [0.4, 0.5) is 5.69 Å². The van der Waals surface area contributed by atoms with Crippen molar-refractivity contribution in [2.24, 2.45) is 7.05 Å². The predicted octanol–water partition coefficient (Wildman–Crippen LogP) is 3.56. The van der Waals surface area contributed by atoms with E-state index in [1.165, 1.54) is 18.9 Å². The summed E-state index contributed by atoms with van der Waals surface area (Å²) in [5.41, 5.74) is 0.870. The number of esters is 1. The number of methoxy groups -OCH3 is 1. The van der Waals surface area contributed by atoms with Crippen LogP contribution in [-0.2, 0) is 23.2 Å². The van der Waals surface area contributed by atoms with Gasteiger partial charge in [-0.1, -0.05) is 41.6 Å². The summed E-state index contributed by atoms with van der Waals surface area (Å²) < 4.78 is 12.1. The summed E-state index contributed by atoms with van der Waals surface area (Å²) in [5.74, 6) is 0.582. The van der Waals surface area contributed by atoms with Crippen molar-refractivity contribution in [2.45, 2.75) is 11.8 Å². The van der Waals surface area contributed by atoms with E-state index in [0.29, 0.717) is 33.0 Å². The Hall–Kier alpha value is -3.04. The van der Waals surface area contributed by atoms with Gasteiger partial charge in [0.1, 0.15) is 12.4 Å². The fraction of sp³-hybridized carbons (Fsp3) is 0.200. The molecule has 0 saturated heterocycles. The molecule has 0 unspecified atom stereocenters. The monoisotopic (exact) mass is 446 g/mol. The van der Waals surface area contributed by atoms with Gasteiger partial charge in [-0.3, -0.25) is 4.79 Å². The lowest BCUT2D eigenvalue weighted by Crippen LogP contribution is -2.15. The average Bonchev–Trinajstić information content (AvgIpc) is 3.10. The lowest BCUT2D eigenvalue weighted by Gasteiger charge is -2.08. The van der Waals surface area contributed by atoms with E-state index in [1.807, 2.05) is 12.1 Å². The molecular formula is C20H19ClN4O4S. The second-order valence-electron chi connectivity index (χ2n) is 6.09. The lowest BCUT2D eigenvalue weighted by atomic mass is 10.2. The zero-order chi connectivity index (χ0) is 21.5. The summed E-state index contributed by atoms with van der Waals surface area (Å²) in [6.07, 6.45) is 0. The Morgan fingerprint density at radius 3 is 2.73 bits per heavy atom. The number of benzene rings is 2. The number of carbonyl (C=O) groups excluding carboxylic acids is 2. The molecule has 0 fully saturated rings. The van der Waals surface area contributed by atoms with E-state index in [2.05, 4.69) is 20.3 Å². The minimum atomic E-state index is -0.467. The molecule has 30 heavy (non-hydrogen) atoms. The molecule has 0 aliphatic rings. The molecule has 2 aromatic carbocycles. The number of hydrogen-bond donors (Lipinski definition) is 1. The van der Waals surface area contributed by atoms with E-state index in [1.54, 1.807) is 48.0 Å². The number of ether oxygens (including phenoxy) is 2. The number of amides is 1. The second-order valence-corrected chi connectivity index (χ2v) is 7.44. The molecule has 156 valence electrons. The van der Waals surface area contributed by atoms with Gasteiger partial charge in [-0.25, -0.2) is 4.79 Å². The Morgan fingerprint density at radius 2 is 1.97 bits per heavy atom. The molecule has 0 saturated carbocycles. The molecule has 0 spiro atoms. The highest BCUT2D eigenvalue weighted by molar-refractivity contribution is 7.99. The molecule has 1 aromatic heterocycles. The quantitative estimate of drug-likeness (QED) is 0.417. The van der Waals surface area contributed by atoms with Crippen molar-refractivity contribution >= 4 is 40.9 Å². The normalized spacial score (nSPS) is 10.5. The molecule has 1 heterocycles. The maximum absolute atomic E-state index is 12.3. The first-order chi connectivity index (χ1) is 14.5. The van der Waals surface area contributed by atoms with Crippen LogP contribution in [0, 0.1) is 0 Å². The van der Waals surface area contributed by atoms with Crippen LogP contribution in [0.1, 0.15) is 16.2 Å². The summed E-state index contributed by atoms with van der Waals surface area (Å²) in [5, 5.41) is 12.0. The SMILES string of the molecule is COC(=O)c1cccc(NC(=O)CSc2nnc(COc3ccccc3Cl)n2C)c1. The summed E-state index contributed by atoms with van der Waals surface area (Å²) >= 11 is 7.32. The molecule has 3 rings (SSSR count). The number of aromatic nitrogens is 3. The number of nitrogens with one attached hydrogen (secondary N) is 1. The van der Waals surface area contributed by atoms with Crippen LogP contribution in [0.3, 0.4) is 0 Å². The van der Waals surface area contributed by atoms with E-state index in [4.69, 9.17) is 16.3 Å². The summed E-state index contributed by atoms with van der Waals surface area (Å²) in [6, 6.07) is 13.7. The van der Waals surface area contributed by atoms with Gasteiger partial charge >= 0.3 is 5.97 Å². The van der Waals surface area contributed by atoms with Crippen molar-refractivity contribution < 1.29 is 19.1 Å². The van der Waals surface area contributed by atoms with Crippen LogP contribution in [0.25, 0.3) is 0 Å². The van der Waals surface area contributed by atoms with Crippen molar-refractivity contribution in [1.82, 2.24) is 14.8 Å². The van der Waals surface area contributed by atoms with Gasteiger partial charge in [-0.05, 0) is 30.3 Å². The maximum Gasteiger partial charge on any atom is 0.337 e. The van der Waals surface area contributed by atoms with Gasteiger partial charge in [0.25, 0.3) is 0 Å². The molecule has 0 bridgehead atoms. The number of para-hydroxylation sites is 1. The molecule has 0 radical (unpaired) electrons. The van der Waals surface area contributed by atoms with E-state index in [-0.39, 0.29) is 18.3 Å². The smallest absolute Gasteiger partial charge is 0.337 e. The summed E-state index contributed by atoms with van der Waals surface area (Å²) in [6.45, 7) is 0.195. The lowest BCUT2D eigenvalue weighted by molar-refractivity contribution is -0.113. The van der Waals surface area contributed by atoms with Gasteiger partial charge in [-0.2, -0.15) is 0 Å².